The fourth-order valence-electron chi connectivity index (χ4n) is 4.39. The van der Waals surface area contributed by atoms with Crippen LogP contribution in [0.15, 0.2) is 42.6 Å². The van der Waals surface area contributed by atoms with Gasteiger partial charge >= 0.3 is 6.01 Å². The van der Waals surface area contributed by atoms with Crippen molar-refractivity contribution in [2.24, 2.45) is 0 Å². The fraction of sp³-hybridized carbons (Fsp3) is 0.385. The molecule has 7 nitrogen and oxygen atoms in total. The molecule has 0 amide bonds. The van der Waals surface area contributed by atoms with Gasteiger partial charge in [0.2, 0.25) is 5.88 Å². The van der Waals surface area contributed by atoms with Crippen molar-refractivity contribution in [3.8, 4) is 23.4 Å². The van der Waals surface area contributed by atoms with Gasteiger partial charge in [-0.15, -0.1) is 0 Å². The number of methoxy groups -OCH3 is 1. The summed E-state index contributed by atoms with van der Waals surface area (Å²) in [5.41, 5.74) is 2.97. The maximum atomic E-state index is 6.18. The van der Waals surface area contributed by atoms with Gasteiger partial charge in [-0.2, -0.15) is 9.97 Å². The average Bonchev–Trinajstić information content (AvgIpc) is 3.22. The number of piperidine rings is 1. The van der Waals surface area contributed by atoms with Crippen molar-refractivity contribution in [2.45, 2.75) is 32.6 Å². The first-order chi connectivity index (χ1) is 16.2. The lowest BCUT2D eigenvalue weighted by Crippen LogP contribution is -2.31. The van der Waals surface area contributed by atoms with Crippen molar-refractivity contribution in [1.29, 1.82) is 0 Å². The fourth-order valence-corrected chi connectivity index (χ4v) is 4.39. The molecule has 1 aliphatic rings. The van der Waals surface area contributed by atoms with E-state index in [0.717, 1.165) is 40.5 Å². The van der Waals surface area contributed by atoms with Crippen LogP contribution in [0.1, 0.15) is 31.2 Å². The first-order valence-corrected chi connectivity index (χ1v) is 11.7. The summed E-state index contributed by atoms with van der Waals surface area (Å²) in [7, 11) is 1.56. The molecule has 0 unspecified atom stereocenters. The second-order valence-electron chi connectivity index (χ2n) is 8.58. The average molecular weight is 447 g/mol. The Hall–Kier alpha value is -3.32. The van der Waals surface area contributed by atoms with Gasteiger partial charge in [0.25, 0.3) is 0 Å². The minimum atomic E-state index is 0.263. The molecule has 0 saturated carbocycles. The quantitative estimate of drug-likeness (QED) is 0.362. The number of nitrogens with zero attached hydrogens (tertiary/aromatic N) is 3. The van der Waals surface area contributed by atoms with Crippen LogP contribution in [0.3, 0.4) is 0 Å². The number of fused-ring (bicyclic) bond motifs is 2. The zero-order valence-electron chi connectivity index (χ0n) is 19.3. The lowest BCUT2D eigenvalue weighted by Gasteiger charge is -2.26. The first kappa shape index (κ1) is 21.5. The van der Waals surface area contributed by atoms with Crippen molar-refractivity contribution < 1.29 is 14.2 Å². The normalized spacial score (nSPS) is 14.6. The number of rotatable bonds is 8. The van der Waals surface area contributed by atoms with Gasteiger partial charge in [-0.05, 0) is 75.2 Å². The standard InChI is InChI=1S/C26H30N4O3/c1-18-17-27-23-10-8-20(15-22(18)23)33-25-21-9-7-19(16-24(21)28-26(29-25)31-2)32-14-6-13-30-11-4-3-5-12-30/h7-10,15-17,27H,3-6,11-14H2,1-2H3. The highest BCUT2D eigenvalue weighted by Crippen LogP contribution is 2.33. The number of nitrogens with one attached hydrogen (secondary N) is 1. The van der Waals surface area contributed by atoms with Gasteiger partial charge in [0, 0.05) is 29.7 Å². The van der Waals surface area contributed by atoms with Gasteiger partial charge in [0.1, 0.15) is 11.5 Å². The van der Waals surface area contributed by atoms with Crippen molar-refractivity contribution >= 4 is 21.8 Å². The molecule has 0 aliphatic carbocycles. The molecular formula is C26H30N4O3. The minimum Gasteiger partial charge on any atom is -0.493 e. The molecule has 4 aromatic rings. The Morgan fingerprint density at radius 2 is 1.82 bits per heavy atom. The lowest BCUT2D eigenvalue weighted by atomic mass is 10.1. The van der Waals surface area contributed by atoms with E-state index >= 15 is 0 Å². The number of likely N-dealkylation sites (tertiary alicyclic amines) is 1. The minimum absolute atomic E-state index is 0.263. The Labute approximate surface area is 193 Å². The van der Waals surface area contributed by atoms with Gasteiger partial charge in [-0.1, -0.05) is 6.42 Å². The molecule has 0 spiro atoms. The van der Waals surface area contributed by atoms with Crippen LogP contribution in [-0.2, 0) is 0 Å². The first-order valence-electron chi connectivity index (χ1n) is 11.7. The molecule has 1 N–H and O–H groups in total. The smallest absolute Gasteiger partial charge is 0.320 e. The van der Waals surface area contributed by atoms with E-state index < -0.39 is 0 Å². The molecule has 1 aliphatic heterocycles. The van der Waals surface area contributed by atoms with Gasteiger partial charge in [-0.25, -0.2) is 0 Å². The summed E-state index contributed by atoms with van der Waals surface area (Å²) in [5.74, 6) is 1.96. The molecule has 1 fully saturated rings. The summed E-state index contributed by atoms with van der Waals surface area (Å²) in [6.07, 6.45) is 7.00. The molecule has 33 heavy (non-hydrogen) atoms. The van der Waals surface area contributed by atoms with Crippen LogP contribution in [0.25, 0.3) is 21.8 Å². The highest BCUT2D eigenvalue weighted by atomic mass is 16.5. The SMILES string of the molecule is COc1nc(Oc2ccc3[nH]cc(C)c3c2)c2ccc(OCCCN3CCCCC3)cc2n1. The van der Waals surface area contributed by atoms with E-state index in [1.54, 1.807) is 7.11 Å². The number of aryl methyl sites for hydroxylation is 1. The molecule has 7 heteroatoms. The lowest BCUT2D eigenvalue weighted by molar-refractivity contribution is 0.205. The van der Waals surface area contributed by atoms with Crippen molar-refractivity contribution in [3.05, 3.63) is 48.2 Å². The molecule has 0 radical (unpaired) electrons. The van der Waals surface area contributed by atoms with Crippen LogP contribution in [0.5, 0.6) is 23.4 Å². The zero-order valence-corrected chi connectivity index (χ0v) is 19.3. The largest absolute Gasteiger partial charge is 0.493 e. The summed E-state index contributed by atoms with van der Waals surface area (Å²) in [6.45, 7) is 6.27. The Bertz CT molecular complexity index is 1250. The number of ether oxygens (including phenoxy) is 3. The number of aromatic nitrogens is 3. The van der Waals surface area contributed by atoms with Crippen LogP contribution < -0.4 is 14.2 Å². The number of hydrogen-bond donors (Lipinski definition) is 1. The van der Waals surface area contributed by atoms with E-state index in [1.165, 1.54) is 37.9 Å². The highest BCUT2D eigenvalue weighted by Gasteiger charge is 2.13. The third-order valence-corrected chi connectivity index (χ3v) is 6.21. The predicted octanol–water partition coefficient (Wildman–Crippen LogP) is 5.48. The van der Waals surface area contributed by atoms with Gasteiger partial charge in [0.15, 0.2) is 0 Å². The molecule has 1 saturated heterocycles. The number of hydrogen-bond acceptors (Lipinski definition) is 6. The summed E-state index contributed by atoms with van der Waals surface area (Å²) in [5, 5.41) is 1.93. The van der Waals surface area contributed by atoms with E-state index in [1.807, 2.05) is 42.6 Å². The zero-order chi connectivity index (χ0) is 22.6. The summed E-state index contributed by atoms with van der Waals surface area (Å²) < 4.78 is 17.5. The summed E-state index contributed by atoms with van der Waals surface area (Å²) in [6, 6.07) is 12.0. The number of H-pyrrole nitrogens is 1. The van der Waals surface area contributed by atoms with Crippen LogP contribution in [0.2, 0.25) is 0 Å². The van der Waals surface area contributed by atoms with E-state index in [-0.39, 0.29) is 6.01 Å². The molecular weight excluding hydrogens is 416 g/mol. The third kappa shape index (κ3) is 4.88. The maximum absolute atomic E-state index is 6.18. The molecule has 2 aromatic heterocycles. The van der Waals surface area contributed by atoms with Gasteiger partial charge in [-0.3, -0.25) is 0 Å². The third-order valence-electron chi connectivity index (χ3n) is 6.21. The molecule has 0 atom stereocenters. The number of aromatic amines is 1. The number of benzene rings is 2. The summed E-state index contributed by atoms with van der Waals surface area (Å²) >= 11 is 0. The summed E-state index contributed by atoms with van der Waals surface area (Å²) in [4.78, 5) is 14.7. The maximum Gasteiger partial charge on any atom is 0.320 e. The molecule has 3 heterocycles. The Morgan fingerprint density at radius 3 is 2.67 bits per heavy atom. The van der Waals surface area contributed by atoms with Gasteiger partial charge < -0.3 is 24.1 Å². The molecule has 0 bridgehead atoms. The monoisotopic (exact) mass is 446 g/mol. The molecule has 172 valence electrons. The second kappa shape index (κ2) is 9.67. The predicted molar refractivity (Wildman–Crippen MR) is 130 cm³/mol. The Balaban J connectivity index is 1.32. The van der Waals surface area contributed by atoms with Crippen LogP contribution in [-0.4, -0.2) is 53.2 Å². The Morgan fingerprint density at radius 1 is 0.970 bits per heavy atom. The van der Waals surface area contributed by atoms with Crippen LogP contribution >= 0.6 is 0 Å². The van der Waals surface area contributed by atoms with Gasteiger partial charge in [0.05, 0.1) is 24.6 Å². The van der Waals surface area contributed by atoms with Crippen LogP contribution in [0.4, 0.5) is 0 Å². The van der Waals surface area contributed by atoms with E-state index in [9.17, 15) is 0 Å². The van der Waals surface area contributed by atoms with E-state index in [0.29, 0.717) is 18.2 Å². The van der Waals surface area contributed by atoms with Crippen molar-refractivity contribution in [1.82, 2.24) is 19.9 Å². The van der Waals surface area contributed by atoms with E-state index in [2.05, 4.69) is 26.8 Å². The molecule has 5 rings (SSSR count). The van der Waals surface area contributed by atoms with E-state index in [4.69, 9.17) is 14.2 Å². The second-order valence-corrected chi connectivity index (χ2v) is 8.58. The van der Waals surface area contributed by atoms with Crippen molar-refractivity contribution in [3.63, 3.8) is 0 Å². The Kier molecular flexibility index (Phi) is 6.30. The highest BCUT2D eigenvalue weighted by molar-refractivity contribution is 5.86. The van der Waals surface area contributed by atoms with Crippen LogP contribution in [0, 0.1) is 6.92 Å². The topological polar surface area (TPSA) is 72.5 Å². The molecule has 2 aromatic carbocycles. The van der Waals surface area contributed by atoms with Crippen molar-refractivity contribution in [2.75, 3.05) is 33.4 Å².